The highest BCUT2D eigenvalue weighted by Gasteiger charge is 2.31. The molecule has 0 amide bonds. The summed E-state index contributed by atoms with van der Waals surface area (Å²) in [4.78, 5) is 10.7. The molecule has 0 aliphatic heterocycles. The Balaban J connectivity index is 2.39. The molecule has 2 rings (SSSR count). The summed E-state index contributed by atoms with van der Waals surface area (Å²) < 4.78 is 24.3. The van der Waals surface area contributed by atoms with Crippen molar-refractivity contribution < 1.29 is 18.5 Å². The van der Waals surface area contributed by atoms with Crippen LogP contribution >= 0.6 is 7.82 Å². The summed E-state index contributed by atoms with van der Waals surface area (Å²) in [5, 5.41) is 0. The molecule has 0 bridgehead atoms. The molecule has 0 spiro atoms. The molecule has 31 heavy (non-hydrogen) atoms. The fraction of sp³-hybridized carbons (Fsp3) is 0.538. The van der Waals surface area contributed by atoms with Gasteiger partial charge in [-0.1, -0.05) is 92.5 Å². The first-order chi connectivity index (χ1) is 14.3. The van der Waals surface area contributed by atoms with Crippen LogP contribution in [0.4, 0.5) is 0 Å². The Morgan fingerprint density at radius 1 is 0.742 bits per heavy atom. The molecule has 2 aromatic carbocycles. The number of rotatable bonds is 8. The van der Waals surface area contributed by atoms with Gasteiger partial charge in [-0.05, 0) is 46.9 Å². The van der Waals surface area contributed by atoms with Gasteiger partial charge in [0.25, 0.3) is 0 Å². The maximum Gasteiger partial charge on any atom is 0.584 e. The van der Waals surface area contributed by atoms with Crippen LogP contribution in [0.3, 0.4) is 0 Å². The standard InChI is InChI=1S/C26H39O4P/c1-9-11-19-13-15-23(21(17-19)25(3,4)5)29-31(27,28)30-24-16-14-20(12-10-2)18-22(24)26(6,7)8/h13-18H,9-12H2,1-8H3,(H,27,28). The zero-order chi connectivity index (χ0) is 23.4. The van der Waals surface area contributed by atoms with Gasteiger partial charge in [-0.25, -0.2) is 4.57 Å². The average Bonchev–Trinajstić information content (AvgIpc) is 2.62. The maximum absolute atomic E-state index is 13.0. The van der Waals surface area contributed by atoms with Gasteiger partial charge in [-0.2, -0.15) is 0 Å². The number of benzene rings is 2. The lowest BCUT2D eigenvalue weighted by atomic mass is 9.85. The molecule has 172 valence electrons. The molecule has 0 fully saturated rings. The van der Waals surface area contributed by atoms with Crippen molar-refractivity contribution in [3.05, 3.63) is 58.7 Å². The molecule has 0 saturated heterocycles. The highest BCUT2D eigenvalue weighted by molar-refractivity contribution is 7.48. The SMILES string of the molecule is CCCc1ccc(OP(=O)(O)Oc2ccc(CCC)cc2C(C)(C)C)c(C(C)(C)C)c1. The van der Waals surface area contributed by atoms with E-state index in [-0.39, 0.29) is 10.8 Å². The van der Waals surface area contributed by atoms with Gasteiger partial charge >= 0.3 is 7.82 Å². The van der Waals surface area contributed by atoms with Crippen LogP contribution in [0.1, 0.15) is 90.5 Å². The Hall–Kier alpha value is -1.77. The fourth-order valence-corrected chi connectivity index (χ4v) is 4.49. The van der Waals surface area contributed by atoms with Gasteiger partial charge in [-0.15, -0.1) is 0 Å². The quantitative estimate of drug-likeness (QED) is 0.421. The van der Waals surface area contributed by atoms with Gasteiger partial charge in [0.15, 0.2) is 0 Å². The normalized spacial score (nSPS) is 12.7. The smallest absolute Gasteiger partial charge is 0.395 e. The van der Waals surface area contributed by atoms with Gasteiger partial charge in [0.1, 0.15) is 11.5 Å². The minimum atomic E-state index is -4.39. The third kappa shape index (κ3) is 7.12. The van der Waals surface area contributed by atoms with Crippen molar-refractivity contribution in [3.63, 3.8) is 0 Å². The van der Waals surface area contributed by atoms with Crippen LogP contribution in [0.25, 0.3) is 0 Å². The van der Waals surface area contributed by atoms with E-state index in [0.717, 1.165) is 36.8 Å². The van der Waals surface area contributed by atoms with Crippen molar-refractivity contribution >= 4 is 7.82 Å². The molecule has 0 aromatic heterocycles. The van der Waals surface area contributed by atoms with Gasteiger partial charge in [-0.3, -0.25) is 4.89 Å². The molecule has 5 heteroatoms. The van der Waals surface area contributed by atoms with E-state index >= 15 is 0 Å². The van der Waals surface area contributed by atoms with Crippen LogP contribution in [0, 0.1) is 0 Å². The minimum absolute atomic E-state index is 0.239. The summed E-state index contributed by atoms with van der Waals surface area (Å²) in [6, 6.07) is 11.6. The summed E-state index contributed by atoms with van der Waals surface area (Å²) >= 11 is 0. The first-order valence-electron chi connectivity index (χ1n) is 11.3. The first-order valence-corrected chi connectivity index (χ1v) is 12.7. The van der Waals surface area contributed by atoms with Crippen LogP contribution in [0.15, 0.2) is 36.4 Å². The molecule has 0 atom stereocenters. The largest absolute Gasteiger partial charge is 0.584 e. The summed E-state index contributed by atoms with van der Waals surface area (Å²) in [5.41, 5.74) is 3.69. The zero-order valence-corrected chi connectivity index (χ0v) is 21.3. The van der Waals surface area contributed by atoms with E-state index in [1.165, 1.54) is 11.1 Å². The second-order valence-electron chi connectivity index (χ2n) is 10.3. The molecule has 0 heterocycles. The van der Waals surface area contributed by atoms with Gasteiger partial charge in [0, 0.05) is 11.1 Å². The highest BCUT2D eigenvalue weighted by Crippen LogP contribution is 2.49. The van der Waals surface area contributed by atoms with E-state index in [1.807, 2.05) is 12.1 Å². The predicted molar refractivity (Wildman–Crippen MR) is 129 cm³/mol. The third-order valence-electron chi connectivity index (χ3n) is 5.21. The van der Waals surface area contributed by atoms with Crippen LogP contribution in [0.5, 0.6) is 11.5 Å². The van der Waals surface area contributed by atoms with Crippen molar-refractivity contribution in [3.8, 4) is 11.5 Å². The Morgan fingerprint density at radius 3 is 1.39 bits per heavy atom. The maximum atomic E-state index is 13.0. The second-order valence-corrected chi connectivity index (χ2v) is 11.6. The van der Waals surface area contributed by atoms with Crippen molar-refractivity contribution in [2.24, 2.45) is 0 Å². The number of aryl methyl sites for hydroxylation is 2. The van der Waals surface area contributed by atoms with Crippen molar-refractivity contribution in [1.82, 2.24) is 0 Å². The fourth-order valence-electron chi connectivity index (χ4n) is 3.64. The van der Waals surface area contributed by atoms with E-state index in [1.54, 1.807) is 12.1 Å². The Bertz CT molecular complexity index is 862. The average molecular weight is 447 g/mol. The molecule has 1 N–H and O–H groups in total. The highest BCUT2D eigenvalue weighted by atomic mass is 31.2. The molecule has 4 nitrogen and oxygen atoms in total. The number of hydrogen-bond donors (Lipinski definition) is 1. The van der Waals surface area contributed by atoms with Crippen LogP contribution in [-0.2, 0) is 28.2 Å². The minimum Gasteiger partial charge on any atom is -0.395 e. The first kappa shape index (κ1) is 25.5. The van der Waals surface area contributed by atoms with E-state index in [0.29, 0.717) is 11.5 Å². The summed E-state index contributed by atoms with van der Waals surface area (Å²) in [7, 11) is -4.39. The lowest BCUT2D eigenvalue weighted by Gasteiger charge is -2.27. The van der Waals surface area contributed by atoms with E-state index in [4.69, 9.17) is 9.05 Å². The molecule has 2 aromatic rings. The molecule has 0 aliphatic rings. The molecule has 0 radical (unpaired) electrons. The molecule has 0 saturated carbocycles. The van der Waals surface area contributed by atoms with Crippen molar-refractivity contribution in [2.45, 2.75) is 91.9 Å². The third-order valence-corrected chi connectivity index (χ3v) is 6.06. The lowest BCUT2D eigenvalue weighted by Crippen LogP contribution is -2.16. The van der Waals surface area contributed by atoms with Crippen molar-refractivity contribution in [2.75, 3.05) is 0 Å². The van der Waals surface area contributed by atoms with E-state index in [2.05, 4.69) is 67.5 Å². The van der Waals surface area contributed by atoms with Crippen LogP contribution < -0.4 is 9.05 Å². The Morgan fingerprint density at radius 2 is 1.10 bits per heavy atom. The van der Waals surface area contributed by atoms with Gasteiger partial charge in [0.2, 0.25) is 0 Å². The lowest BCUT2D eigenvalue weighted by molar-refractivity contribution is 0.286. The second kappa shape index (κ2) is 9.79. The number of phosphoric ester groups is 1. The van der Waals surface area contributed by atoms with Gasteiger partial charge in [0.05, 0.1) is 0 Å². The monoisotopic (exact) mass is 446 g/mol. The number of hydrogen-bond acceptors (Lipinski definition) is 3. The molecular weight excluding hydrogens is 407 g/mol. The summed E-state index contributed by atoms with van der Waals surface area (Å²) in [6.45, 7) is 16.7. The summed E-state index contributed by atoms with van der Waals surface area (Å²) in [5.74, 6) is 0.774. The Labute approximate surface area is 188 Å². The van der Waals surface area contributed by atoms with Crippen LogP contribution in [0.2, 0.25) is 0 Å². The number of phosphoric acid groups is 1. The topological polar surface area (TPSA) is 55.8 Å². The van der Waals surface area contributed by atoms with Gasteiger partial charge < -0.3 is 9.05 Å². The zero-order valence-electron chi connectivity index (χ0n) is 20.4. The molecular formula is C26H39O4P. The summed E-state index contributed by atoms with van der Waals surface area (Å²) in [6.07, 6.45) is 3.98. The predicted octanol–water partition coefficient (Wildman–Crippen LogP) is 7.74. The Kier molecular flexibility index (Phi) is 8.05. The van der Waals surface area contributed by atoms with E-state index < -0.39 is 7.82 Å². The molecule has 0 aliphatic carbocycles. The van der Waals surface area contributed by atoms with E-state index in [9.17, 15) is 9.46 Å². The van der Waals surface area contributed by atoms with Crippen LogP contribution in [-0.4, -0.2) is 4.89 Å². The molecule has 0 unspecified atom stereocenters. The van der Waals surface area contributed by atoms with Crippen molar-refractivity contribution in [1.29, 1.82) is 0 Å².